The smallest absolute Gasteiger partial charge is 0.245 e. The van der Waals surface area contributed by atoms with E-state index in [0.717, 1.165) is 11.3 Å². The van der Waals surface area contributed by atoms with Gasteiger partial charge in [0.2, 0.25) is 11.8 Å². The van der Waals surface area contributed by atoms with E-state index in [-0.39, 0.29) is 17.7 Å². The van der Waals surface area contributed by atoms with E-state index in [4.69, 9.17) is 4.74 Å². The first kappa shape index (κ1) is 15.4. The maximum absolute atomic E-state index is 12.5. The van der Waals surface area contributed by atoms with Crippen LogP contribution < -0.4 is 10.1 Å². The summed E-state index contributed by atoms with van der Waals surface area (Å²) >= 11 is 0. The number of rotatable bonds is 4. The third kappa shape index (κ3) is 3.01. The molecular formula is C16H22N2O3. The van der Waals surface area contributed by atoms with Crippen LogP contribution >= 0.6 is 0 Å². The zero-order valence-corrected chi connectivity index (χ0v) is 12.9. The first-order valence-corrected chi connectivity index (χ1v) is 7.18. The quantitative estimate of drug-likeness (QED) is 0.915. The van der Waals surface area contributed by atoms with Crippen molar-refractivity contribution in [3.05, 3.63) is 29.8 Å². The van der Waals surface area contributed by atoms with E-state index < -0.39 is 12.1 Å². The largest absolute Gasteiger partial charge is 0.496 e. The van der Waals surface area contributed by atoms with Crippen molar-refractivity contribution in [2.75, 3.05) is 7.11 Å². The zero-order chi connectivity index (χ0) is 15.6. The number of hydrogen-bond donors (Lipinski definition) is 1. The van der Waals surface area contributed by atoms with Gasteiger partial charge in [0, 0.05) is 5.56 Å². The molecule has 2 rings (SSSR count). The monoisotopic (exact) mass is 290 g/mol. The Morgan fingerprint density at radius 3 is 2.57 bits per heavy atom. The van der Waals surface area contributed by atoms with E-state index in [1.165, 1.54) is 0 Å². The first-order valence-electron chi connectivity index (χ1n) is 7.18. The van der Waals surface area contributed by atoms with Crippen LogP contribution in [0.4, 0.5) is 0 Å². The Kier molecular flexibility index (Phi) is 4.50. The molecule has 21 heavy (non-hydrogen) atoms. The first-order chi connectivity index (χ1) is 9.95. The number of methoxy groups -OCH3 is 1. The molecule has 1 heterocycles. The van der Waals surface area contributed by atoms with Crippen LogP contribution in [0.15, 0.2) is 24.3 Å². The van der Waals surface area contributed by atoms with E-state index in [9.17, 15) is 9.59 Å². The number of carbonyl (C=O) groups excluding carboxylic acids is 2. The Hall–Kier alpha value is -2.04. The molecule has 1 aromatic carbocycles. The van der Waals surface area contributed by atoms with Gasteiger partial charge in [-0.25, -0.2) is 0 Å². The van der Waals surface area contributed by atoms with Crippen LogP contribution in [0.2, 0.25) is 0 Å². The summed E-state index contributed by atoms with van der Waals surface area (Å²) in [5.74, 6) is 0.633. The van der Waals surface area contributed by atoms with E-state index in [0.29, 0.717) is 6.54 Å². The molecule has 1 N–H and O–H groups in total. The van der Waals surface area contributed by atoms with Gasteiger partial charge in [0.05, 0.1) is 13.7 Å². The summed E-state index contributed by atoms with van der Waals surface area (Å²) in [5.41, 5.74) is 0.904. The molecule has 0 aromatic heterocycles. The number of carbonyl (C=O) groups is 2. The minimum Gasteiger partial charge on any atom is -0.496 e. The third-order valence-electron chi connectivity index (χ3n) is 3.78. The van der Waals surface area contributed by atoms with Crippen LogP contribution in [-0.2, 0) is 16.1 Å². The predicted molar refractivity (Wildman–Crippen MR) is 79.8 cm³/mol. The highest BCUT2D eigenvalue weighted by molar-refractivity contribution is 5.96. The van der Waals surface area contributed by atoms with Gasteiger partial charge in [-0.2, -0.15) is 0 Å². The minimum atomic E-state index is -0.484. The van der Waals surface area contributed by atoms with Gasteiger partial charge in [-0.15, -0.1) is 0 Å². The number of amides is 2. The van der Waals surface area contributed by atoms with Crippen LogP contribution in [0.5, 0.6) is 5.75 Å². The molecule has 1 aliphatic rings. The molecule has 2 atom stereocenters. The van der Waals surface area contributed by atoms with Crippen molar-refractivity contribution in [3.8, 4) is 5.75 Å². The summed E-state index contributed by atoms with van der Waals surface area (Å²) in [7, 11) is 1.60. The van der Waals surface area contributed by atoms with Gasteiger partial charge in [0.1, 0.15) is 17.8 Å². The summed E-state index contributed by atoms with van der Waals surface area (Å²) in [4.78, 5) is 26.3. The second-order valence-electron chi connectivity index (χ2n) is 5.70. The molecule has 2 unspecified atom stereocenters. The van der Waals surface area contributed by atoms with Crippen molar-refractivity contribution in [1.29, 1.82) is 0 Å². The van der Waals surface area contributed by atoms with E-state index in [2.05, 4.69) is 5.32 Å². The lowest BCUT2D eigenvalue weighted by molar-refractivity contribution is -0.151. The fourth-order valence-electron chi connectivity index (χ4n) is 2.74. The number of para-hydroxylation sites is 1. The molecule has 1 fully saturated rings. The molecule has 0 aliphatic carbocycles. The lowest BCUT2D eigenvalue weighted by Crippen LogP contribution is -2.63. The van der Waals surface area contributed by atoms with Gasteiger partial charge in [-0.05, 0) is 18.9 Å². The number of nitrogens with zero attached hydrogens (tertiary/aromatic N) is 1. The molecule has 0 bridgehead atoms. The summed E-state index contributed by atoms with van der Waals surface area (Å²) in [5, 5.41) is 2.74. The molecule has 2 amide bonds. The van der Waals surface area contributed by atoms with Gasteiger partial charge in [0.15, 0.2) is 0 Å². The molecule has 0 spiro atoms. The second-order valence-corrected chi connectivity index (χ2v) is 5.70. The Morgan fingerprint density at radius 2 is 1.95 bits per heavy atom. The van der Waals surface area contributed by atoms with Crippen molar-refractivity contribution < 1.29 is 14.3 Å². The molecule has 5 nitrogen and oxygen atoms in total. The highest BCUT2D eigenvalue weighted by atomic mass is 16.5. The topological polar surface area (TPSA) is 58.6 Å². The fourth-order valence-corrected chi connectivity index (χ4v) is 2.74. The Bertz CT molecular complexity index is 542. The van der Waals surface area contributed by atoms with Crippen molar-refractivity contribution in [3.63, 3.8) is 0 Å². The van der Waals surface area contributed by atoms with E-state index >= 15 is 0 Å². The van der Waals surface area contributed by atoms with Crippen LogP contribution in [-0.4, -0.2) is 35.9 Å². The Balaban J connectivity index is 2.33. The summed E-state index contributed by atoms with van der Waals surface area (Å²) in [6.07, 6.45) is 0. The molecule has 1 aromatic rings. The Morgan fingerprint density at radius 1 is 1.29 bits per heavy atom. The normalized spacial score (nSPS) is 22.4. The molecular weight excluding hydrogens is 268 g/mol. The molecule has 1 aliphatic heterocycles. The Labute approximate surface area is 125 Å². The number of nitrogens with one attached hydrogen (secondary N) is 1. The highest BCUT2D eigenvalue weighted by Gasteiger charge is 2.40. The van der Waals surface area contributed by atoms with Gasteiger partial charge in [-0.1, -0.05) is 32.0 Å². The minimum absolute atomic E-state index is 0.0520. The number of piperazine rings is 1. The van der Waals surface area contributed by atoms with Crippen LogP contribution in [0.25, 0.3) is 0 Å². The second kappa shape index (κ2) is 6.16. The van der Waals surface area contributed by atoms with Crippen molar-refractivity contribution in [2.45, 2.75) is 39.4 Å². The van der Waals surface area contributed by atoms with Crippen LogP contribution in [0.3, 0.4) is 0 Å². The maximum atomic E-state index is 12.5. The number of benzene rings is 1. The van der Waals surface area contributed by atoms with Crippen molar-refractivity contribution in [2.24, 2.45) is 5.92 Å². The van der Waals surface area contributed by atoms with Gasteiger partial charge in [-0.3, -0.25) is 9.59 Å². The molecule has 1 saturated heterocycles. The maximum Gasteiger partial charge on any atom is 0.245 e. The standard InChI is InChI=1S/C16H22N2O3/c1-10(2)14-15(19)17-11(3)16(20)18(14)9-12-7-5-6-8-13(12)21-4/h5-8,10-11,14H,9H2,1-4H3,(H,17,19). The van der Waals surface area contributed by atoms with Gasteiger partial charge < -0.3 is 15.0 Å². The summed E-state index contributed by atoms with van der Waals surface area (Å²) in [6, 6.07) is 6.63. The van der Waals surface area contributed by atoms with Crippen molar-refractivity contribution >= 4 is 11.8 Å². The number of ether oxygens (including phenoxy) is 1. The summed E-state index contributed by atoms with van der Waals surface area (Å²) < 4.78 is 5.33. The third-order valence-corrected chi connectivity index (χ3v) is 3.78. The lowest BCUT2D eigenvalue weighted by atomic mass is 9.96. The zero-order valence-electron chi connectivity index (χ0n) is 12.9. The molecule has 114 valence electrons. The average molecular weight is 290 g/mol. The van der Waals surface area contributed by atoms with E-state index in [1.807, 2.05) is 38.1 Å². The van der Waals surface area contributed by atoms with Gasteiger partial charge >= 0.3 is 0 Å². The summed E-state index contributed by atoms with van der Waals surface area (Å²) in [6.45, 7) is 5.99. The van der Waals surface area contributed by atoms with Crippen LogP contribution in [0.1, 0.15) is 26.3 Å². The molecule has 0 radical (unpaired) electrons. The lowest BCUT2D eigenvalue weighted by Gasteiger charge is -2.40. The number of hydrogen-bond acceptors (Lipinski definition) is 3. The molecule has 5 heteroatoms. The fraction of sp³-hybridized carbons (Fsp3) is 0.500. The van der Waals surface area contributed by atoms with Gasteiger partial charge in [0.25, 0.3) is 0 Å². The van der Waals surface area contributed by atoms with Crippen LogP contribution in [0, 0.1) is 5.92 Å². The predicted octanol–water partition coefficient (Wildman–Crippen LogP) is 1.57. The van der Waals surface area contributed by atoms with E-state index in [1.54, 1.807) is 18.9 Å². The SMILES string of the molecule is COc1ccccc1CN1C(=O)C(C)NC(=O)C1C(C)C. The highest BCUT2D eigenvalue weighted by Crippen LogP contribution is 2.24. The molecule has 0 saturated carbocycles. The van der Waals surface area contributed by atoms with Crippen molar-refractivity contribution in [1.82, 2.24) is 10.2 Å². The average Bonchev–Trinajstić information content (AvgIpc) is 2.44.